The lowest BCUT2D eigenvalue weighted by Crippen LogP contribution is -2.04. The minimum Gasteiger partial charge on any atom is -0.461 e. The molecule has 0 saturated heterocycles. The van der Waals surface area contributed by atoms with E-state index in [0.717, 1.165) is 15.1 Å². The number of benzene rings is 1. The van der Waals surface area contributed by atoms with Gasteiger partial charge in [0, 0.05) is 20.6 Å². The maximum absolute atomic E-state index is 11.7. The summed E-state index contributed by atoms with van der Waals surface area (Å²) in [5.74, 6) is -0.299. The number of aromatic nitrogens is 1. The zero-order chi connectivity index (χ0) is 13.9. The topological polar surface area (TPSA) is 42.1 Å². The predicted molar refractivity (Wildman–Crippen MR) is 82.7 cm³/mol. The highest BCUT2D eigenvalue weighted by molar-refractivity contribution is 7.99. The largest absolute Gasteiger partial charge is 0.461 e. The lowest BCUT2D eigenvalue weighted by Gasteiger charge is -1.98. The maximum Gasteiger partial charge on any atom is 0.354 e. The summed E-state index contributed by atoms with van der Waals surface area (Å²) in [6, 6.07) is 12.1. The molecule has 0 aliphatic carbocycles. The molecule has 0 atom stereocenters. The smallest absolute Gasteiger partial charge is 0.354 e. The molecule has 2 heterocycles. The number of aromatic amines is 1. The molecule has 0 saturated carbocycles. The van der Waals surface area contributed by atoms with Crippen molar-refractivity contribution in [3.8, 4) is 0 Å². The van der Waals surface area contributed by atoms with Crippen molar-refractivity contribution in [2.24, 2.45) is 0 Å². The molecule has 2 aromatic heterocycles. The second-order valence-corrected chi connectivity index (χ2v) is 6.16. The van der Waals surface area contributed by atoms with Crippen LogP contribution in [0.1, 0.15) is 17.4 Å². The van der Waals surface area contributed by atoms with Crippen molar-refractivity contribution in [1.82, 2.24) is 4.98 Å². The molecule has 1 N–H and O–H groups in total. The Kier molecular flexibility index (Phi) is 3.80. The summed E-state index contributed by atoms with van der Waals surface area (Å²) in [5, 5.41) is 3.18. The van der Waals surface area contributed by atoms with E-state index in [0.29, 0.717) is 12.3 Å². The summed E-state index contributed by atoms with van der Waals surface area (Å²) in [5.41, 5.74) is 0.517. The first-order chi connectivity index (χ1) is 9.78. The molecule has 0 spiro atoms. The molecule has 3 rings (SSSR count). The third kappa shape index (κ3) is 2.59. The zero-order valence-corrected chi connectivity index (χ0v) is 12.5. The fourth-order valence-electron chi connectivity index (χ4n) is 1.90. The molecule has 0 bridgehead atoms. The number of esters is 1. The van der Waals surface area contributed by atoms with Crippen molar-refractivity contribution in [1.29, 1.82) is 0 Å². The van der Waals surface area contributed by atoms with E-state index in [4.69, 9.17) is 4.74 Å². The number of carbonyl (C=O) groups is 1. The predicted octanol–water partition coefficient (Wildman–Crippen LogP) is 4.56. The second kappa shape index (κ2) is 5.73. The molecule has 5 heteroatoms. The third-order valence-corrected chi connectivity index (χ3v) is 4.92. The van der Waals surface area contributed by atoms with Gasteiger partial charge in [-0.25, -0.2) is 4.79 Å². The molecule has 0 radical (unpaired) electrons. The summed E-state index contributed by atoms with van der Waals surface area (Å²) in [4.78, 5) is 18.2. The highest BCUT2D eigenvalue weighted by atomic mass is 32.2. The minimum absolute atomic E-state index is 0.299. The van der Waals surface area contributed by atoms with E-state index in [1.54, 1.807) is 30.0 Å². The lowest BCUT2D eigenvalue weighted by molar-refractivity contribution is 0.0520. The fraction of sp³-hybridized carbons (Fsp3) is 0.133. The molecule has 1 aromatic carbocycles. The number of fused-ring (bicyclic) bond motifs is 1. The van der Waals surface area contributed by atoms with Crippen LogP contribution in [0, 0.1) is 0 Å². The highest BCUT2D eigenvalue weighted by Gasteiger charge is 2.14. The third-order valence-electron chi connectivity index (χ3n) is 2.80. The van der Waals surface area contributed by atoms with Gasteiger partial charge in [0.2, 0.25) is 0 Å². The molecule has 3 aromatic rings. The van der Waals surface area contributed by atoms with Crippen molar-refractivity contribution in [3.05, 3.63) is 47.5 Å². The Morgan fingerprint density at radius 1 is 1.35 bits per heavy atom. The Labute approximate surface area is 125 Å². The van der Waals surface area contributed by atoms with Gasteiger partial charge in [-0.05, 0) is 25.1 Å². The number of ether oxygens (including phenoxy) is 1. The zero-order valence-electron chi connectivity index (χ0n) is 10.9. The van der Waals surface area contributed by atoms with Crippen molar-refractivity contribution in [3.63, 3.8) is 0 Å². The summed E-state index contributed by atoms with van der Waals surface area (Å²) in [6.07, 6.45) is 0. The molecule has 0 fully saturated rings. The molecular weight excluding hydrogens is 290 g/mol. The van der Waals surface area contributed by atoms with Crippen LogP contribution in [0.25, 0.3) is 10.2 Å². The average Bonchev–Trinajstić information content (AvgIpc) is 3.02. The first kappa shape index (κ1) is 13.3. The first-order valence-corrected chi connectivity index (χ1v) is 7.97. The Morgan fingerprint density at radius 3 is 2.90 bits per heavy atom. The van der Waals surface area contributed by atoms with Gasteiger partial charge in [0.05, 0.1) is 6.61 Å². The number of hydrogen-bond donors (Lipinski definition) is 1. The number of nitrogens with one attached hydrogen (secondary N) is 1. The Morgan fingerprint density at radius 2 is 2.15 bits per heavy atom. The molecule has 20 heavy (non-hydrogen) atoms. The normalized spacial score (nSPS) is 10.8. The molecular formula is C15H13NO2S2. The van der Waals surface area contributed by atoms with E-state index in [1.165, 1.54) is 4.90 Å². The van der Waals surface area contributed by atoms with E-state index in [9.17, 15) is 4.79 Å². The van der Waals surface area contributed by atoms with Crippen LogP contribution in [0.3, 0.4) is 0 Å². The van der Waals surface area contributed by atoms with Crippen molar-refractivity contribution in [2.45, 2.75) is 16.7 Å². The van der Waals surface area contributed by atoms with E-state index < -0.39 is 0 Å². The first-order valence-electron chi connectivity index (χ1n) is 6.28. The molecule has 0 aliphatic rings. The van der Waals surface area contributed by atoms with E-state index in [-0.39, 0.29) is 5.97 Å². The Bertz CT molecular complexity index is 731. The van der Waals surface area contributed by atoms with E-state index in [2.05, 4.69) is 22.5 Å². The number of hydrogen-bond acceptors (Lipinski definition) is 4. The quantitative estimate of drug-likeness (QED) is 0.719. The van der Waals surface area contributed by atoms with E-state index >= 15 is 0 Å². The van der Waals surface area contributed by atoms with Gasteiger partial charge in [0.15, 0.2) is 0 Å². The van der Waals surface area contributed by atoms with Crippen molar-refractivity contribution in [2.75, 3.05) is 6.61 Å². The number of carbonyl (C=O) groups excluding carboxylic acids is 1. The lowest BCUT2D eigenvalue weighted by atomic mass is 10.3. The van der Waals surface area contributed by atoms with Crippen LogP contribution in [0.15, 0.2) is 51.6 Å². The fourth-order valence-corrected chi connectivity index (χ4v) is 3.94. The summed E-state index contributed by atoms with van der Waals surface area (Å²) in [6.45, 7) is 2.19. The summed E-state index contributed by atoms with van der Waals surface area (Å²) in [7, 11) is 0. The van der Waals surface area contributed by atoms with Gasteiger partial charge in [-0.3, -0.25) is 0 Å². The maximum atomic E-state index is 11.7. The standard InChI is InChI=1S/C15H13NO2S2/c1-2-18-15(17)12-8-11-13(9-19-14(11)16-12)20-10-6-4-3-5-7-10/h3-9,16H,2H2,1H3. The van der Waals surface area contributed by atoms with Gasteiger partial charge < -0.3 is 9.72 Å². The Balaban J connectivity index is 1.91. The minimum atomic E-state index is -0.299. The summed E-state index contributed by atoms with van der Waals surface area (Å²) < 4.78 is 5.01. The molecule has 102 valence electrons. The van der Waals surface area contributed by atoms with Gasteiger partial charge in [-0.2, -0.15) is 0 Å². The van der Waals surface area contributed by atoms with Gasteiger partial charge in [0.1, 0.15) is 10.5 Å². The number of H-pyrrole nitrogens is 1. The second-order valence-electron chi connectivity index (χ2n) is 4.16. The van der Waals surface area contributed by atoms with Crippen LogP contribution in [-0.2, 0) is 4.74 Å². The van der Waals surface area contributed by atoms with Crippen molar-refractivity contribution >= 4 is 39.3 Å². The molecule has 0 aliphatic heterocycles. The van der Waals surface area contributed by atoms with Crippen LogP contribution in [-0.4, -0.2) is 17.6 Å². The van der Waals surface area contributed by atoms with Crippen LogP contribution < -0.4 is 0 Å². The molecule has 3 nitrogen and oxygen atoms in total. The van der Waals surface area contributed by atoms with Crippen LogP contribution in [0.4, 0.5) is 0 Å². The average molecular weight is 303 g/mol. The van der Waals surface area contributed by atoms with Crippen LogP contribution in [0.2, 0.25) is 0 Å². The van der Waals surface area contributed by atoms with Gasteiger partial charge in [0.25, 0.3) is 0 Å². The van der Waals surface area contributed by atoms with E-state index in [1.807, 2.05) is 24.3 Å². The van der Waals surface area contributed by atoms with Gasteiger partial charge in [-0.15, -0.1) is 11.3 Å². The highest BCUT2D eigenvalue weighted by Crippen LogP contribution is 2.37. The Hall–Kier alpha value is -1.72. The SMILES string of the molecule is CCOC(=O)c1cc2c(Sc3ccccc3)csc2[nH]1. The van der Waals surface area contributed by atoms with Crippen molar-refractivity contribution < 1.29 is 9.53 Å². The van der Waals surface area contributed by atoms with Gasteiger partial charge >= 0.3 is 5.97 Å². The number of rotatable bonds is 4. The summed E-state index contributed by atoms with van der Waals surface area (Å²) >= 11 is 3.31. The monoisotopic (exact) mass is 303 g/mol. The molecule has 0 amide bonds. The van der Waals surface area contributed by atoms with Crippen LogP contribution in [0.5, 0.6) is 0 Å². The molecule has 0 unspecified atom stereocenters. The number of thiophene rings is 1. The van der Waals surface area contributed by atoms with Crippen LogP contribution >= 0.6 is 23.1 Å². The van der Waals surface area contributed by atoms with Gasteiger partial charge in [-0.1, -0.05) is 30.0 Å².